The maximum Gasteiger partial charge on any atom is 0.243 e. The zero-order valence-electron chi connectivity index (χ0n) is 15.9. The Hall–Kier alpha value is -2.84. The zero-order valence-corrected chi connectivity index (χ0v) is 16.7. The van der Waals surface area contributed by atoms with E-state index in [0.29, 0.717) is 11.4 Å². The lowest BCUT2D eigenvalue weighted by Crippen LogP contribution is -2.32. The van der Waals surface area contributed by atoms with Gasteiger partial charge in [-0.05, 0) is 36.8 Å². The molecule has 0 fully saturated rings. The van der Waals surface area contributed by atoms with Gasteiger partial charge in [0.25, 0.3) is 0 Å². The van der Waals surface area contributed by atoms with E-state index in [9.17, 15) is 17.2 Å². The molecule has 0 aliphatic heterocycles. The fraction of sp³-hybridized carbons (Fsp3) is 0.190. The maximum absolute atomic E-state index is 13.5. The molecular weight excluding hydrogens is 396 g/mol. The molecule has 8 heteroatoms. The molecule has 0 saturated carbocycles. The van der Waals surface area contributed by atoms with Crippen LogP contribution in [0.5, 0.6) is 0 Å². The first-order valence-electron chi connectivity index (χ1n) is 8.93. The highest BCUT2D eigenvalue weighted by molar-refractivity contribution is 7.89. The van der Waals surface area contributed by atoms with E-state index in [2.05, 4.69) is 11.6 Å². The van der Waals surface area contributed by atoms with Crippen LogP contribution >= 0.6 is 0 Å². The van der Waals surface area contributed by atoms with E-state index in [1.807, 2.05) is 6.92 Å². The van der Waals surface area contributed by atoms with Crippen molar-refractivity contribution in [1.29, 1.82) is 0 Å². The van der Waals surface area contributed by atoms with Gasteiger partial charge in [-0.1, -0.05) is 29.8 Å². The smallest absolute Gasteiger partial charge is 0.243 e. The average Bonchev–Trinajstić information content (AvgIpc) is 3.11. The van der Waals surface area contributed by atoms with Crippen molar-refractivity contribution in [2.75, 3.05) is 6.54 Å². The van der Waals surface area contributed by atoms with E-state index in [-0.39, 0.29) is 24.5 Å². The number of rotatable bonds is 8. The second-order valence-corrected chi connectivity index (χ2v) is 8.56. The van der Waals surface area contributed by atoms with Crippen molar-refractivity contribution in [3.8, 4) is 0 Å². The van der Waals surface area contributed by atoms with Gasteiger partial charge in [-0.25, -0.2) is 22.2 Å². The van der Waals surface area contributed by atoms with Crippen LogP contribution in [0.2, 0.25) is 0 Å². The van der Waals surface area contributed by atoms with Crippen molar-refractivity contribution in [2.24, 2.45) is 0 Å². The highest BCUT2D eigenvalue weighted by Crippen LogP contribution is 2.19. The molecular formula is C21H21F2N3O2S. The summed E-state index contributed by atoms with van der Waals surface area (Å²) < 4.78 is 55.7. The Kier molecular flexibility index (Phi) is 6.24. The van der Waals surface area contributed by atoms with Crippen LogP contribution in [0, 0.1) is 18.6 Å². The summed E-state index contributed by atoms with van der Waals surface area (Å²) in [5, 5.41) is 0. The molecule has 3 rings (SSSR count). The van der Waals surface area contributed by atoms with Crippen molar-refractivity contribution >= 4 is 10.0 Å². The monoisotopic (exact) mass is 417 g/mol. The highest BCUT2D eigenvalue weighted by Gasteiger charge is 2.25. The summed E-state index contributed by atoms with van der Waals surface area (Å²) in [5.41, 5.74) is 1.50. The van der Waals surface area contributed by atoms with Gasteiger partial charge in [0.2, 0.25) is 10.0 Å². The van der Waals surface area contributed by atoms with E-state index in [1.165, 1.54) is 16.4 Å². The summed E-state index contributed by atoms with van der Waals surface area (Å²) in [6.07, 6.45) is 4.72. The number of hydrogen-bond acceptors (Lipinski definition) is 3. The summed E-state index contributed by atoms with van der Waals surface area (Å²) >= 11 is 0. The molecule has 29 heavy (non-hydrogen) atoms. The minimum Gasteiger partial charge on any atom is -0.329 e. The van der Waals surface area contributed by atoms with Crippen molar-refractivity contribution in [3.05, 3.63) is 96.1 Å². The SMILES string of the molecule is C=CCN(Cc1nccn1Cc1ccc(F)c(F)c1)S(=O)(=O)c1ccc(C)cc1. The molecule has 2 aromatic carbocycles. The van der Waals surface area contributed by atoms with E-state index in [0.717, 1.165) is 17.7 Å². The molecule has 0 spiro atoms. The summed E-state index contributed by atoms with van der Waals surface area (Å²) in [6.45, 7) is 5.88. The lowest BCUT2D eigenvalue weighted by molar-refractivity contribution is 0.421. The summed E-state index contributed by atoms with van der Waals surface area (Å²) in [7, 11) is -3.76. The Morgan fingerprint density at radius 3 is 2.52 bits per heavy atom. The Morgan fingerprint density at radius 2 is 1.86 bits per heavy atom. The van der Waals surface area contributed by atoms with Gasteiger partial charge in [0.05, 0.1) is 11.4 Å². The summed E-state index contributed by atoms with van der Waals surface area (Å²) in [4.78, 5) is 4.43. The van der Waals surface area contributed by atoms with E-state index >= 15 is 0 Å². The van der Waals surface area contributed by atoms with E-state index in [4.69, 9.17) is 0 Å². The van der Waals surface area contributed by atoms with E-state index in [1.54, 1.807) is 41.2 Å². The summed E-state index contributed by atoms with van der Waals surface area (Å²) in [5.74, 6) is -1.37. The minimum absolute atomic E-state index is 0.0128. The number of nitrogens with zero attached hydrogens (tertiary/aromatic N) is 3. The standard InChI is InChI=1S/C21H21F2N3O2S/c1-3-11-26(29(27,28)18-7-4-16(2)5-8-18)15-21-24-10-12-25(21)14-17-6-9-19(22)20(23)13-17/h3-10,12-13H,1,11,14-15H2,2H3. The minimum atomic E-state index is -3.76. The second-order valence-electron chi connectivity index (χ2n) is 6.62. The topological polar surface area (TPSA) is 55.2 Å². The third-order valence-electron chi connectivity index (χ3n) is 4.45. The Bertz CT molecular complexity index is 1110. The molecule has 0 aliphatic carbocycles. The normalized spacial score (nSPS) is 11.7. The fourth-order valence-corrected chi connectivity index (χ4v) is 4.24. The largest absolute Gasteiger partial charge is 0.329 e. The molecule has 0 atom stereocenters. The number of hydrogen-bond donors (Lipinski definition) is 0. The lowest BCUT2D eigenvalue weighted by Gasteiger charge is -2.21. The van der Waals surface area contributed by atoms with Crippen LogP contribution in [0.4, 0.5) is 8.78 Å². The van der Waals surface area contributed by atoms with Crippen LogP contribution in [0.25, 0.3) is 0 Å². The molecule has 0 bridgehead atoms. The third-order valence-corrected chi connectivity index (χ3v) is 6.27. The van der Waals surface area contributed by atoms with Crippen molar-refractivity contribution in [2.45, 2.75) is 24.9 Å². The van der Waals surface area contributed by atoms with Crippen molar-refractivity contribution in [1.82, 2.24) is 13.9 Å². The van der Waals surface area contributed by atoms with Crippen LogP contribution in [-0.2, 0) is 23.1 Å². The van der Waals surface area contributed by atoms with Crippen molar-refractivity contribution in [3.63, 3.8) is 0 Å². The lowest BCUT2D eigenvalue weighted by atomic mass is 10.2. The van der Waals surface area contributed by atoms with Crippen LogP contribution in [0.1, 0.15) is 17.0 Å². The Balaban J connectivity index is 1.86. The maximum atomic E-state index is 13.5. The number of aryl methyl sites for hydroxylation is 1. The quantitative estimate of drug-likeness (QED) is 0.523. The molecule has 0 unspecified atom stereocenters. The van der Waals surface area contributed by atoms with Gasteiger partial charge in [0.15, 0.2) is 11.6 Å². The van der Waals surface area contributed by atoms with Gasteiger partial charge >= 0.3 is 0 Å². The molecule has 0 N–H and O–H groups in total. The molecule has 0 amide bonds. The third kappa shape index (κ3) is 4.78. The number of halogens is 2. The number of imidazole rings is 1. The van der Waals surface area contributed by atoms with Gasteiger partial charge in [-0.2, -0.15) is 4.31 Å². The average molecular weight is 417 g/mol. The molecule has 1 aromatic heterocycles. The van der Waals surface area contributed by atoms with Gasteiger partial charge in [0, 0.05) is 25.5 Å². The number of benzene rings is 2. The fourth-order valence-electron chi connectivity index (χ4n) is 2.88. The predicted octanol–water partition coefficient (Wildman–Crippen LogP) is 3.89. The van der Waals surface area contributed by atoms with Crippen LogP contribution < -0.4 is 0 Å². The summed E-state index contributed by atoms with van der Waals surface area (Å²) in [6, 6.07) is 10.3. The molecule has 0 aliphatic rings. The zero-order chi connectivity index (χ0) is 21.0. The molecule has 1 heterocycles. The first kappa shape index (κ1) is 20.9. The van der Waals surface area contributed by atoms with Gasteiger partial charge < -0.3 is 4.57 Å². The Morgan fingerprint density at radius 1 is 1.14 bits per heavy atom. The predicted molar refractivity (Wildman–Crippen MR) is 107 cm³/mol. The van der Waals surface area contributed by atoms with Crippen LogP contribution in [-0.4, -0.2) is 28.8 Å². The number of aromatic nitrogens is 2. The van der Waals surface area contributed by atoms with Crippen LogP contribution in [0.15, 0.2) is 72.4 Å². The van der Waals surface area contributed by atoms with Crippen LogP contribution in [0.3, 0.4) is 0 Å². The molecule has 0 saturated heterocycles. The van der Waals surface area contributed by atoms with Gasteiger partial charge in [-0.15, -0.1) is 6.58 Å². The first-order chi connectivity index (χ1) is 13.8. The van der Waals surface area contributed by atoms with Crippen molar-refractivity contribution < 1.29 is 17.2 Å². The Labute approximate surface area is 169 Å². The van der Waals surface area contributed by atoms with Gasteiger partial charge in [0.1, 0.15) is 5.82 Å². The number of sulfonamides is 1. The first-order valence-corrected chi connectivity index (χ1v) is 10.4. The van der Waals surface area contributed by atoms with E-state index < -0.39 is 21.7 Å². The molecule has 0 radical (unpaired) electrons. The highest BCUT2D eigenvalue weighted by atomic mass is 32.2. The second kappa shape index (κ2) is 8.67. The molecule has 152 valence electrons. The molecule has 5 nitrogen and oxygen atoms in total. The molecule has 3 aromatic rings. The van der Waals surface area contributed by atoms with Gasteiger partial charge in [-0.3, -0.25) is 0 Å².